The number of anilines is 1. The fourth-order valence-electron chi connectivity index (χ4n) is 4.93. The van der Waals surface area contributed by atoms with Gasteiger partial charge < -0.3 is 20.4 Å². The van der Waals surface area contributed by atoms with Gasteiger partial charge in [0.25, 0.3) is 5.82 Å². The number of nitrogens with zero attached hydrogens (tertiary/aromatic N) is 3. The molecular weight excluding hydrogens is 436 g/mol. The molecule has 7 heteroatoms. The third kappa shape index (κ3) is 6.19. The number of carbonyl (C=O) groups excluding carboxylic acids is 1. The summed E-state index contributed by atoms with van der Waals surface area (Å²) in [5, 5.41) is 6.79. The first-order chi connectivity index (χ1) is 16.7. The highest BCUT2D eigenvalue weighted by molar-refractivity contribution is 6.03. The Morgan fingerprint density at radius 2 is 2.06 bits per heavy atom. The lowest BCUT2D eigenvalue weighted by atomic mass is 9.76. The highest BCUT2D eigenvalue weighted by atomic mass is 16.2. The Bertz CT molecular complexity index is 1130. The maximum atomic E-state index is 12.9. The molecule has 2 heterocycles. The number of carbonyl (C=O) groups is 1. The summed E-state index contributed by atoms with van der Waals surface area (Å²) in [5.74, 6) is 0.0621. The molecule has 2 aromatic rings. The molecule has 4 rings (SSSR count). The zero-order valence-electron chi connectivity index (χ0n) is 21.5. The summed E-state index contributed by atoms with van der Waals surface area (Å²) in [6.07, 6.45) is 9.44. The zero-order chi connectivity index (χ0) is 25.1. The van der Waals surface area contributed by atoms with Crippen LogP contribution < -0.4 is 10.6 Å². The van der Waals surface area contributed by atoms with Crippen molar-refractivity contribution in [3.8, 4) is 0 Å². The fraction of sp³-hybridized carbons (Fsp3) is 0.536. The first kappa shape index (κ1) is 25.2. The molecule has 1 aromatic carbocycles. The van der Waals surface area contributed by atoms with Crippen LogP contribution in [0.1, 0.15) is 81.5 Å². The number of H-pyrrole nitrogens is 1. The Hall–Kier alpha value is -2.95. The van der Waals surface area contributed by atoms with Crippen LogP contribution in [0, 0.1) is 12.0 Å². The normalized spacial score (nSPS) is 18.2. The maximum absolute atomic E-state index is 12.9. The van der Waals surface area contributed by atoms with Crippen LogP contribution in [0.15, 0.2) is 30.5 Å². The number of benzene rings is 1. The van der Waals surface area contributed by atoms with Crippen LogP contribution in [0.3, 0.4) is 0 Å². The van der Waals surface area contributed by atoms with E-state index in [2.05, 4.69) is 76.3 Å². The number of nitrogens with one attached hydrogen (secondary N) is 3. The molecule has 0 spiro atoms. The second-order valence-corrected chi connectivity index (χ2v) is 11.1. The summed E-state index contributed by atoms with van der Waals surface area (Å²) in [6, 6.07) is 6.34. The van der Waals surface area contributed by atoms with E-state index in [9.17, 15) is 4.79 Å². The molecule has 1 aromatic heterocycles. The Morgan fingerprint density at radius 3 is 2.71 bits per heavy atom. The van der Waals surface area contributed by atoms with Gasteiger partial charge in [0.05, 0.1) is 6.20 Å². The van der Waals surface area contributed by atoms with E-state index in [0.717, 1.165) is 43.6 Å². The van der Waals surface area contributed by atoms with Crippen molar-refractivity contribution in [1.29, 1.82) is 0 Å². The average Bonchev–Trinajstić information content (AvgIpc) is 3.51. The minimum atomic E-state index is -0.339. The van der Waals surface area contributed by atoms with Crippen LogP contribution >= 0.6 is 0 Å². The van der Waals surface area contributed by atoms with E-state index in [1.807, 2.05) is 6.07 Å². The molecule has 1 fully saturated rings. The van der Waals surface area contributed by atoms with Gasteiger partial charge in [-0.05, 0) is 87.7 Å². The Balaban J connectivity index is 1.57. The molecule has 35 heavy (non-hydrogen) atoms. The van der Waals surface area contributed by atoms with Crippen molar-refractivity contribution in [1.82, 2.24) is 20.2 Å². The minimum Gasteiger partial charge on any atom is -0.363 e. The third-order valence-corrected chi connectivity index (χ3v) is 7.40. The van der Waals surface area contributed by atoms with Gasteiger partial charge in [-0.25, -0.2) is 4.98 Å². The minimum absolute atomic E-state index is 0.147. The van der Waals surface area contributed by atoms with Crippen LogP contribution in [0.2, 0.25) is 0 Å². The topological polar surface area (TPSA) is 77.4 Å². The van der Waals surface area contributed by atoms with Crippen molar-refractivity contribution < 1.29 is 4.79 Å². The fourth-order valence-corrected chi connectivity index (χ4v) is 4.93. The van der Waals surface area contributed by atoms with E-state index >= 15 is 0 Å². The van der Waals surface area contributed by atoms with Gasteiger partial charge in [0, 0.05) is 29.9 Å². The number of rotatable bonds is 8. The van der Waals surface area contributed by atoms with Crippen LogP contribution in [0.4, 0.5) is 11.5 Å². The smallest absolute Gasteiger partial charge is 0.314 e. The van der Waals surface area contributed by atoms with E-state index in [-0.39, 0.29) is 23.1 Å². The van der Waals surface area contributed by atoms with Gasteiger partial charge in [0.2, 0.25) is 5.82 Å². The van der Waals surface area contributed by atoms with E-state index in [0.29, 0.717) is 5.41 Å². The van der Waals surface area contributed by atoms with Crippen LogP contribution in [-0.2, 0) is 5.54 Å². The third-order valence-electron chi connectivity index (χ3n) is 7.40. The Kier molecular flexibility index (Phi) is 7.44. The molecule has 0 radical (unpaired) electrons. The predicted molar refractivity (Wildman–Crippen MR) is 142 cm³/mol. The summed E-state index contributed by atoms with van der Waals surface area (Å²) in [5.41, 5.74) is 4.42. The molecular formula is C28H38N6O. The highest BCUT2D eigenvalue weighted by Gasteiger charge is 2.27. The summed E-state index contributed by atoms with van der Waals surface area (Å²) in [7, 11) is 0. The molecule has 3 N–H and O–H groups in total. The van der Waals surface area contributed by atoms with Crippen molar-refractivity contribution in [2.75, 3.05) is 31.5 Å². The van der Waals surface area contributed by atoms with E-state index in [1.54, 1.807) is 0 Å². The number of imidazole rings is 1. The molecule has 7 nitrogen and oxygen atoms in total. The second-order valence-electron chi connectivity index (χ2n) is 11.1. The number of hydrogen-bond acceptors (Lipinski definition) is 4. The second kappa shape index (κ2) is 10.3. The summed E-state index contributed by atoms with van der Waals surface area (Å²) < 4.78 is 0. The number of amides is 1. The highest BCUT2D eigenvalue weighted by Crippen LogP contribution is 2.41. The van der Waals surface area contributed by atoms with Gasteiger partial charge >= 0.3 is 5.91 Å². The quantitative estimate of drug-likeness (QED) is 0.427. The molecule has 0 unspecified atom stereocenters. The monoisotopic (exact) mass is 474 g/mol. The lowest BCUT2D eigenvalue weighted by molar-refractivity contribution is 0.101. The average molecular weight is 475 g/mol. The van der Waals surface area contributed by atoms with Gasteiger partial charge in [0.1, 0.15) is 0 Å². The summed E-state index contributed by atoms with van der Waals surface area (Å²) in [4.78, 5) is 25.5. The van der Waals surface area contributed by atoms with Crippen LogP contribution in [-0.4, -0.2) is 47.0 Å². The van der Waals surface area contributed by atoms with Crippen molar-refractivity contribution in [2.24, 2.45) is 5.41 Å². The van der Waals surface area contributed by atoms with E-state index in [4.69, 9.17) is 6.57 Å². The lowest BCUT2D eigenvalue weighted by Crippen LogP contribution is -2.41. The molecule has 1 amide bonds. The predicted octanol–water partition coefficient (Wildman–Crippen LogP) is 5.73. The van der Waals surface area contributed by atoms with E-state index in [1.165, 1.54) is 43.3 Å². The number of aromatic nitrogens is 2. The largest absolute Gasteiger partial charge is 0.363 e. The van der Waals surface area contributed by atoms with Crippen LogP contribution in [0.25, 0.3) is 10.4 Å². The van der Waals surface area contributed by atoms with Crippen molar-refractivity contribution >= 4 is 23.0 Å². The Labute approximate surface area is 209 Å². The van der Waals surface area contributed by atoms with Crippen LogP contribution in [0.5, 0.6) is 0 Å². The summed E-state index contributed by atoms with van der Waals surface area (Å²) >= 11 is 0. The SMILES string of the molecule is [C-]#[N+]c1cnc(C(=O)Nc2ccc(C(C)(C)NCCN3CCCC3)cc2C2=CCC(C)(C)CC2)[nH]1. The van der Waals surface area contributed by atoms with Crippen molar-refractivity contribution in [3.05, 3.63) is 58.8 Å². The number of aromatic amines is 1. The molecule has 1 aliphatic heterocycles. The number of allylic oxidation sites excluding steroid dienone is 2. The summed E-state index contributed by atoms with van der Waals surface area (Å²) in [6.45, 7) is 20.6. The van der Waals surface area contributed by atoms with E-state index < -0.39 is 0 Å². The first-order valence-electron chi connectivity index (χ1n) is 12.7. The first-order valence-corrected chi connectivity index (χ1v) is 12.7. The standard InChI is InChI=1S/C28H38N6O/c1-27(2)12-10-20(11-13-27)22-18-21(28(3,4)31-14-17-34-15-6-7-16-34)8-9-23(22)32-26(35)25-30-19-24(29-5)33-25/h8-10,18-19,31H,6-7,11-17H2,1-4H3,(H,30,33)(H,32,35). The molecule has 0 atom stereocenters. The van der Waals surface area contributed by atoms with Gasteiger partial charge in [-0.2, -0.15) is 0 Å². The zero-order valence-corrected chi connectivity index (χ0v) is 21.5. The van der Waals surface area contributed by atoms with Gasteiger partial charge in [-0.15, -0.1) is 0 Å². The molecule has 0 bridgehead atoms. The Morgan fingerprint density at radius 1 is 1.29 bits per heavy atom. The molecule has 2 aliphatic rings. The van der Waals surface area contributed by atoms with Gasteiger partial charge in [0.15, 0.2) is 0 Å². The molecule has 186 valence electrons. The van der Waals surface area contributed by atoms with Crippen molar-refractivity contribution in [3.63, 3.8) is 0 Å². The molecule has 1 aliphatic carbocycles. The maximum Gasteiger partial charge on any atom is 0.314 e. The lowest BCUT2D eigenvalue weighted by Gasteiger charge is -2.32. The van der Waals surface area contributed by atoms with Gasteiger partial charge in [-0.3, -0.25) is 9.78 Å². The number of likely N-dealkylation sites (tertiary alicyclic amines) is 1. The van der Waals surface area contributed by atoms with Crippen molar-refractivity contribution in [2.45, 2.75) is 65.3 Å². The number of hydrogen-bond donors (Lipinski definition) is 3. The molecule has 0 saturated carbocycles. The van der Waals surface area contributed by atoms with Gasteiger partial charge in [-0.1, -0.05) is 32.6 Å². The molecule has 1 saturated heterocycles.